The third kappa shape index (κ3) is 1.03. The van der Waals surface area contributed by atoms with Crippen LogP contribution < -0.4 is 11.1 Å². The third-order valence-corrected chi connectivity index (χ3v) is 2.37. The highest BCUT2D eigenvalue weighted by Gasteiger charge is 2.43. The molecule has 1 amide bonds. The Balaban J connectivity index is 2.61. The molecular formula is C9H9FN2O2. The molecule has 0 spiro atoms. The second-order valence-corrected chi connectivity index (χ2v) is 3.27. The minimum absolute atomic E-state index is 0.296. The lowest BCUT2D eigenvalue weighted by atomic mass is 9.93. The van der Waals surface area contributed by atoms with E-state index in [1.54, 1.807) is 0 Å². The molecule has 4 N–H and O–H groups in total. The molecule has 0 aliphatic carbocycles. The largest absolute Gasteiger partial charge is 0.394 e. The van der Waals surface area contributed by atoms with Gasteiger partial charge in [-0.1, -0.05) is 0 Å². The lowest BCUT2D eigenvalue weighted by molar-refractivity contribution is -0.122. The minimum atomic E-state index is -1.52. The van der Waals surface area contributed by atoms with Crippen molar-refractivity contribution in [2.24, 2.45) is 5.73 Å². The number of hydrogen-bond donors (Lipinski definition) is 3. The van der Waals surface area contributed by atoms with E-state index in [1.165, 1.54) is 12.1 Å². The van der Waals surface area contributed by atoms with E-state index in [9.17, 15) is 9.18 Å². The van der Waals surface area contributed by atoms with Crippen LogP contribution in [0.25, 0.3) is 0 Å². The molecule has 14 heavy (non-hydrogen) atoms. The van der Waals surface area contributed by atoms with Gasteiger partial charge in [-0.05, 0) is 18.2 Å². The van der Waals surface area contributed by atoms with Crippen LogP contribution in [-0.2, 0) is 10.3 Å². The monoisotopic (exact) mass is 196 g/mol. The Kier molecular flexibility index (Phi) is 1.80. The molecule has 4 nitrogen and oxygen atoms in total. The van der Waals surface area contributed by atoms with Crippen molar-refractivity contribution in [3.8, 4) is 0 Å². The number of carbonyl (C=O) groups excluding carboxylic acids is 1. The van der Waals surface area contributed by atoms with E-state index in [2.05, 4.69) is 5.32 Å². The van der Waals surface area contributed by atoms with Gasteiger partial charge in [0.15, 0.2) is 0 Å². The predicted molar refractivity (Wildman–Crippen MR) is 48.0 cm³/mol. The summed E-state index contributed by atoms with van der Waals surface area (Å²) in [7, 11) is 0. The van der Waals surface area contributed by atoms with Crippen molar-refractivity contribution in [3.63, 3.8) is 0 Å². The summed E-state index contributed by atoms with van der Waals surface area (Å²) < 4.78 is 12.9. The average molecular weight is 196 g/mol. The molecule has 2 rings (SSSR count). The Morgan fingerprint density at radius 3 is 2.93 bits per heavy atom. The maximum absolute atomic E-state index is 12.9. The number of carbonyl (C=O) groups is 1. The first-order chi connectivity index (χ1) is 6.58. The van der Waals surface area contributed by atoms with Crippen LogP contribution in [0.2, 0.25) is 0 Å². The first-order valence-corrected chi connectivity index (χ1v) is 4.09. The second kappa shape index (κ2) is 2.76. The summed E-state index contributed by atoms with van der Waals surface area (Å²) in [6.07, 6.45) is 0. The summed E-state index contributed by atoms with van der Waals surface area (Å²) in [5.41, 5.74) is 4.89. The Bertz CT molecular complexity index is 408. The van der Waals surface area contributed by atoms with Gasteiger partial charge in [-0.15, -0.1) is 0 Å². The summed E-state index contributed by atoms with van der Waals surface area (Å²) >= 11 is 0. The van der Waals surface area contributed by atoms with Gasteiger partial charge in [0.2, 0.25) is 0 Å². The highest BCUT2D eigenvalue weighted by Crippen LogP contribution is 2.33. The van der Waals surface area contributed by atoms with Gasteiger partial charge in [0.05, 0.1) is 6.61 Å². The maximum Gasteiger partial charge on any atom is 0.251 e. The smallest absolute Gasteiger partial charge is 0.251 e. The highest BCUT2D eigenvalue weighted by atomic mass is 19.1. The number of rotatable bonds is 1. The van der Waals surface area contributed by atoms with Gasteiger partial charge in [0.1, 0.15) is 11.4 Å². The van der Waals surface area contributed by atoms with Gasteiger partial charge in [-0.25, -0.2) is 4.39 Å². The molecule has 74 valence electrons. The molecule has 0 saturated carbocycles. The van der Waals surface area contributed by atoms with Crippen LogP contribution in [0.15, 0.2) is 18.2 Å². The number of halogens is 1. The lowest BCUT2D eigenvalue weighted by Gasteiger charge is -2.18. The van der Waals surface area contributed by atoms with Gasteiger partial charge in [-0.3, -0.25) is 4.79 Å². The quantitative estimate of drug-likeness (QED) is 0.588. The Morgan fingerprint density at radius 1 is 1.57 bits per heavy atom. The molecule has 1 aromatic carbocycles. The van der Waals surface area contributed by atoms with Crippen molar-refractivity contribution in [2.75, 3.05) is 11.9 Å². The number of hydrogen-bond acceptors (Lipinski definition) is 3. The number of aliphatic hydroxyl groups excluding tert-OH is 1. The van der Waals surface area contributed by atoms with Crippen molar-refractivity contribution in [2.45, 2.75) is 5.54 Å². The van der Waals surface area contributed by atoms with Crippen LogP contribution >= 0.6 is 0 Å². The summed E-state index contributed by atoms with van der Waals surface area (Å²) in [6, 6.07) is 3.80. The highest BCUT2D eigenvalue weighted by molar-refractivity contribution is 6.05. The Morgan fingerprint density at radius 2 is 2.29 bits per heavy atom. The molecule has 1 aliphatic heterocycles. The van der Waals surface area contributed by atoms with E-state index in [0.29, 0.717) is 11.3 Å². The SMILES string of the molecule is NC1(CO)C(=O)Nc2ccc(F)cc21. The van der Waals surface area contributed by atoms with Crippen molar-refractivity contribution in [3.05, 3.63) is 29.6 Å². The van der Waals surface area contributed by atoms with Crippen molar-refractivity contribution in [1.29, 1.82) is 0 Å². The summed E-state index contributed by atoms with van der Waals surface area (Å²) in [5, 5.41) is 11.5. The predicted octanol–water partition coefficient (Wildman–Crippen LogP) is -0.0759. The first kappa shape index (κ1) is 9.11. The van der Waals surface area contributed by atoms with E-state index in [-0.39, 0.29) is 0 Å². The summed E-state index contributed by atoms with van der Waals surface area (Å²) in [5.74, 6) is -0.996. The lowest BCUT2D eigenvalue weighted by Crippen LogP contribution is -2.46. The van der Waals surface area contributed by atoms with Gasteiger partial charge < -0.3 is 16.2 Å². The van der Waals surface area contributed by atoms with Crippen molar-refractivity contribution in [1.82, 2.24) is 0 Å². The van der Waals surface area contributed by atoms with Crippen LogP contribution in [0, 0.1) is 5.82 Å². The molecule has 1 aliphatic rings. The average Bonchev–Trinajstić information content (AvgIpc) is 2.41. The van der Waals surface area contributed by atoms with E-state index in [1.807, 2.05) is 0 Å². The summed E-state index contributed by atoms with van der Waals surface area (Å²) in [6.45, 7) is -0.546. The molecule has 0 radical (unpaired) electrons. The van der Waals surface area contributed by atoms with Gasteiger partial charge in [0.25, 0.3) is 5.91 Å². The Labute approximate surface area is 79.5 Å². The number of anilines is 1. The Hall–Kier alpha value is -1.46. The molecule has 1 aromatic rings. The normalized spacial score (nSPS) is 24.6. The minimum Gasteiger partial charge on any atom is -0.394 e. The molecule has 0 bridgehead atoms. The zero-order valence-electron chi connectivity index (χ0n) is 7.25. The fourth-order valence-electron chi connectivity index (χ4n) is 1.51. The number of amides is 1. The molecular weight excluding hydrogens is 187 g/mol. The van der Waals surface area contributed by atoms with Gasteiger partial charge in [0, 0.05) is 11.3 Å². The maximum atomic E-state index is 12.9. The number of aliphatic hydroxyl groups is 1. The van der Waals surface area contributed by atoms with Crippen LogP contribution in [-0.4, -0.2) is 17.6 Å². The van der Waals surface area contributed by atoms with Crippen LogP contribution in [0.1, 0.15) is 5.56 Å². The molecule has 5 heteroatoms. The van der Waals surface area contributed by atoms with E-state index < -0.39 is 23.9 Å². The zero-order chi connectivity index (χ0) is 10.3. The van der Waals surface area contributed by atoms with Gasteiger partial charge >= 0.3 is 0 Å². The molecule has 1 atom stereocenters. The standard InChI is InChI=1S/C9H9FN2O2/c10-5-1-2-7-6(3-5)9(11,4-13)8(14)12-7/h1-3,13H,4,11H2,(H,12,14). The molecule has 0 aromatic heterocycles. The summed E-state index contributed by atoms with van der Waals surface area (Å²) in [4.78, 5) is 11.4. The van der Waals surface area contributed by atoms with Crippen LogP contribution in [0.5, 0.6) is 0 Å². The second-order valence-electron chi connectivity index (χ2n) is 3.27. The van der Waals surface area contributed by atoms with Crippen molar-refractivity contribution < 1.29 is 14.3 Å². The number of nitrogens with two attached hydrogens (primary N) is 1. The van der Waals surface area contributed by atoms with Crippen molar-refractivity contribution >= 4 is 11.6 Å². The topological polar surface area (TPSA) is 75.3 Å². The number of nitrogens with one attached hydrogen (secondary N) is 1. The van der Waals surface area contributed by atoms with Crippen LogP contribution in [0.3, 0.4) is 0 Å². The van der Waals surface area contributed by atoms with E-state index in [4.69, 9.17) is 10.8 Å². The fourth-order valence-corrected chi connectivity index (χ4v) is 1.51. The van der Waals surface area contributed by atoms with Gasteiger partial charge in [-0.2, -0.15) is 0 Å². The molecule has 1 heterocycles. The molecule has 0 fully saturated rings. The number of benzene rings is 1. The third-order valence-electron chi connectivity index (χ3n) is 2.37. The zero-order valence-corrected chi connectivity index (χ0v) is 7.25. The van der Waals surface area contributed by atoms with E-state index in [0.717, 1.165) is 6.07 Å². The number of fused-ring (bicyclic) bond motifs is 1. The fraction of sp³-hybridized carbons (Fsp3) is 0.222. The molecule has 1 unspecified atom stereocenters. The first-order valence-electron chi connectivity index (χ1n) is 4.09. The van der Waals surface area contributed by atoms with Crippen LogP contribution in [0.4, 0.5) is 10.1 Å². The molecule has 0 saturated heterocycles. The van der Waals surface area contributed by atoms with E-state index >= 15 is 0 Å².